The van der Waals surface area contributed by atoms with Gasteiger partial charge >= 0.3 is 0 Å². The molecule has 1 saturated carbocycles. The minimum atomic E-state index is 0.271. The molecule has 0 spiro atoms. The number of halogens is 3. The maximum atomic E-state index is 10.5. The number of Topliss-reactive ketones (excluding diaryl/α,β-unsaturated/α-hetero) is 1. The standard InChI is InChI=1S/C6H10O.CHBr3/c7-6-4-2-1-3-5-6;2-1(3)4/h1-5H2;1H. The minimum Gasteiger partial charge on any atom is -0.300 e. The molecule has 0 amide bonds. The van der Waals surface area contributed by atoms with Crippen LogP contribution in [-0.4, -0.2) is 8.43 Å². The Morgan fingerprint density at radius 3 is 1.55 bits per heavy atom. The highest BCUT2D eigenvalue weighted by atomic mass is 80.0. The van der Waals surface area contributed by atoms with Gasteiger partial charge in [0.25, 0.3) is 0 Å². The molecule has 1 aliphatic carbocycles. The van der Waals surface area contributed by atoms with Gasteiger partial charge in [-0.05, 0) is 12.8 Å². The van der Waals surface area contributed by atoms with Crippen molar-refractivity contribution >= 4 is 53.6 Å². The van der Waals surface area contributed by atoms with Crippen molar-refractivity contribution in [3.63, 3.8) is 0 Å². The molecule has 0 unspecified atom stereocenters. The van der Waals surface area contributed by atoms with Crippen LogP contribution in [0.1, 0.15) is 32.1 Å². The monoisotopic (exact) mass is 348 g/mol. The molecule has 0 radical (unpaired) electrons. The summed E-state index contributed by atoms with van der Waals surface area (Å²) in [5.41, 5.74) is 0. The van der Waals surface area contributed by atoms with Crippen LogP contribution in [0.2, 0.25) is 0 Å². The van der Waals surface area contributed by atoms with Crippen molar-refractivity contribution < 1.29 is 4.79 Å². The van der Waals surface area contributed by atoms with Crippen LogP contribution < -0.4 is 0 Å². The summed E-state index contributed by atoms with van der Waals surface area (Å²) in [5, 5.41) is 0. The Morgan fingerprint density at radius 1 is 1.00 bits per heavy atom. The third-order valence-corrected chi connectivity index (χ3v) is 1.41. The van der Waals surface area contributed by atoms with E-state index in [4.69, 9.17) is 0 Å². The van der Waals surface area contributed by atoms with Gasteiger partial charge in [0.1, 0.15) is 8.43 Å². The van der Waals surface area contributed by atoms with Crippen LogP contribution in [0, 0.1) is 0 Å². The zero-order valence-corrected chi connectivity index (χ0v) is 10.9. The van der Waals surface area contributed by atoms with Crippen molar-refractivity contribution in [3.8, 4) is 0 Å². The second-order valence-electron chi connectivity index (χ2n) is 2.35. The van der Waals surface area contributed by atoms with Gasteiger partial charge in [-0.25, -0.2) is 0 Å². The Balaban J connectivity index is 0.000000218. The maximum Gasteiger partial charge on any atom is 0.132 e. The van der Waals surface area contributed by atoms with Crippen molar-refractivity contribution in [1.29, 1.82) is 0 Å². The first-order valence-electron chi connectivity index (χ1n) is 3.57. The Kier molecular flexibility index (Phi) is 8.52. The molecular weight excluding hydrogens is 340 g/mol. The van der Waals surface area contributed by atoms with Crippen LogP contribution in [0.4, 0.5) is 0 Å². The van der Waals surface area contributed by atoms with Gasteiger partial charge in [-0.3, -0.25) is 4.79 Å². The molecule has 0 atom stereocenters. The number of carbonyl (C=O) groups is 1. The lowest BCUT2D eigenvalue weighted by Crippen LogP contribution is -2.02. The fourth-order valence-electron chi connectivity index (χ4n) is 0.946. The molecule has 0 aromatic rings. The Bertz CT molecular complexity index is 103. The molecule has 0 saturated heterocycles. The first-order chi connectivity index (χ1) is 5.13. The number of alkyl halides is 3. The second-order valence-corrected chi connectivity index (χ2v) is 8.78. The van der Waals surface area contributed by atoms with E-state index < -0.39 is 0 Å². The Labute approximate surface area is 92.7 Å². The lowest BCUT2D eigenvalue weighted by atomic mass is 10.00. The van der Waals surface area contributed by atoms with Crippen molar-refractivity contribution in [2.45, 2.75) is 34.7 Å². The quantitative estimate of drug-likeness (QED) is 0.604. The predicted molar refractivity (Wildman–Crippen MR) is 58.7 cm³/mol. The summed E-state index contributed by atoms with van der Waals surface area (Å²) in [6, 6.07) is 0. The topological polar surface area (TPSA) is 17.1 Å². The molecular formula is C7H11Br3O. The van der Waals surface area contributed by atoms with Gasteiger partial charge in [0.2, 0.25) is 0 Å². The fraction of sp³-hybridized carbons (Fsp3) is 0.857. The molecule has 1 fully saturated rings. The summed E-state index contributed by atoms with van der Waals surface area (Å²) in [4.78, 5) is 10.5. The molecule has 1 aliphatic rings. The van der Waals surface area contributed by atoms with Crippen LogP contribution >= 0.6 is 47.8 Å². The van der Waals surface area contributed by atoms with Gasteiger partial charge in [0.05, 0.1) is 0 Å². The molecule has 0 aromatic heterocycles. The van der Waals surface area contributed by atoms with E-state index in [1.165, 1.54) is 6.42 Å². The Morgan fingerprint density at radius 2 is 1.36 bits per heavy atom. The van der Waals surface area contributed by atoms with E-state index >= 15 is 0 Å². The van der Waals surface area contributed by atoms with Crippen molar-refractivity contribution in [1.82, 2.24) is 0 Å². The van der Waals surface area contributed by atoms with Crippen molar-refractivity contribution in [2.24, 2.45) is 0 Å². The molecule has 1 nitrogen and oxygen atoms in total. The molecule has 0 N–H and O–H groups in total. The molecule has 66 valence electrons. The number of hydrogen-bond donors (Lipinski definition) is 0. The second kappa shape index (κ2) is 7.74. The average molecular weight is 351 g/mol. The fourth-order valence-corrected chi connectivity index (χ4v) is 0.946. The van der Waals surface area contributed by atoms with Crippen molar-refractivity contribution in [2.75, 3.05) is 0 Å². The van der Waals surface area contributed by atoms with Crippen LogP contribution in [0.5, 0.6) is 0 Å². The van der Waals surface area contributed by atoms with Crippen LogP contribution in [0.3, 0.4) is 0 Å². The lowest BCUT2D eigenvalue weighted by Gasteiger charge is -2.05. The zero-order chi connectivity index (χ0) is 8.69. The van der Waals surface area contributed by atoms with Gasteiger partial charge < -0.3 is 0 Å². The van der Waals surface area contributed by atoms with E-state index in [2.05, 4.69) is 47.8 Å². The summed E-state index contributed by atoms with van der Waals surface area (Å²) in [6.45, 7) is 0. The molecule has 1 rings (SSSR count). The first kappa shape index (κ1) is 12.1. The molecule has 0 bridgehead atoms. The van der Waals surface area contributed by atoms with E-state index in [0.29, 0.717) is 5.78 Å². The van der Waals surface area contributed by atoms with Crippen LogP contribution in [-0.2, 0) is 4.79 Å². The van der Waals surface area contributed by atoms with E-state index in [0.717, 1.165) is 25.7 Å². The van der Waals surface area contributed by atoms with E-state index in [-0.39, 0.29) is 2.65 Å². The SMILES string of the molecule is BrC(Br)Br.O=C1CCCCC1. The normalized spacial score (nSPS) is 17.6. The molecule has 0 heterocycles. The van der Waals surface area contributed by atoms with Gasteiger partial charge in [-0.15, -0.1) is 0 Å². The van der Waals surface area contributed by atoms with Crippen molar-refractivity contribution in [3.05, 3.63) is 0 Å². The number of hydrogen-bond acceptors (Lipinski definition) is 1. The maximum absolute atomic E-state index is 10.5. The lowest BCUT2D eigenvalue weighted by molar-refractivity contribution is -0.120. The van der Waals surface area contributed by atoms with E-state index in [1.54, 1.807) is 0 Å². The largest absolute Gasteiger partial charge is 0.300 e. The van der Waals surface area contributed by atoms with Gasteiger partial charge in [-0.1, -0.05) is 54.2 Å². The summed E-state index contributed by atoms with van der Waals surface area (Å²) >= 11 is 9.31. The highest BCUT2D eigenvalue weighted by Crippen LogP contribution is 2.13. The summed E-state index contributed by atoms with van der Waals surface area (Å²) < 4.78 is 0.271. The van der Waals surface area contributed by atoms with Gasteiger partial charge in [0.15, 0.2) is 0 Å². The predicted octanol–water partition coefficient (Wildman–Crippen LogP) is 3.97. The highest BCUT2D eigenvalue weighted by molar-refractivity contribution is 9.38. The summed E-state index contributed by atoms with van der Waals surface area (Å²) in [7, 11) is 0. The molecule has 0 aromatic carbocycles. The summed E-state index contributed by atoms with van der Waals surface area (Å²) in [6.07, 6.45) is 5.24. The smallest absolute Gasteiger partial charge is 0.132 e. The number of ketones is 1. The number of carbonyl (C=O) groups excluding carboxylic acids is 1. The number of rotatable bonds is 0. The molecule has 4 heteroatoms. The van der Waals surface area contributed by atoms with Gasteiger partial charge in [0, 0.05) is 12.8 Å². The third-order valence-electron chi connectivity index (χ3n) is 1.41. The minimum absolute atomic E-state index is 0.271. The van der Waals surface area contributed by atoms with Gasteiger partial charge in [-0.2, -0.15) is 0 Å². The average Bonchev–Trinajstić information content (AvgIpc) is 1.87. The van der Waals surface area contributed by atoms with Crippen LogP contribution in [0.15, 0.2) is 0 Å². The first-order valence-corrected chi connectivity index (χ1v) is 6.31. The summed E-state index contributed by atoms with van der Waals surface area (Å²) in [5.74, 6) is 0.464. The Hall–Kier alpha value is 1.11. The molecule has 11 heavy (non-hydrogen) atoms. The highest BCUT2D eigenvalue weighted by Gasteiger charge is 2.05. The van der Waals surface area contributed by atoms with E-state index in [1.807, 2.05) is 0 Å². The zero-order valence-electron chi connectivity index (χ0n) is 6.16. The van der Waals surface area contributed by atoms with Crippen LogP contribution in [0.25, 0.3) is 0 Å². The molecule has 0 aliphatic heterocycles. The third kappa shape index (κ3) is 11.1. The van der Waals surface area contributed by atoms with E-state index in [9.17, 15) is 4.79 Å².